The number of carbonyl (C=O) groups excluding carboxylic acids is 1. The van der Waals surface area contributed by atoms with Crippen LogP contribution in [-0.2, 0) is 6.54 Å². The molecule has 96 valence electrons. The number of nitrogens with zero attached hydrogens (tertiary/aromatic N) is 2. The van der Waals surface area contributed by atoms with Crippen LogP contribution in [0.1, 0.15) is 21.5 Å². The molecular formula is C14H11ClN2O2. The summed E-state index contributed by atoms with van der Waals surface area (Å²) in [4.78, 5) is 13.6. The molecule has 0 spiro atoms. The van der Waals surface area contributed by atoms with E-state index in [9.17, 15) is 4.79 Å². The zero-order chi connectivity index (χ0) is 13.8. The summed E-state index contributed by atoms with van der Waals surface area (Å²) in [5.74, 6) is -0.221. The van der Waals surface area contributed by atoms with E-state index in [-0.39, 0.29) is 11.1 Å². The van der Waals surface area contributed by atoms with Crippen LogP contribution < -0.4 is 0 Å². The van der Waals surface area contributed by atoms with Gasteiger partial charge in [-0.15, -0.1) is 0 Å². The van der Waals surface area contributed by atoms with Crippen molar-refractivity contribution in [3.63, 3.8) is 0 Å². The molecule has 0 unspecified atom stereocenters. The summed E-state index contributed by atoms with van der Waals surface area (Å²) in [6.07, 6.45) is 1.37. The third kappa shape index (κ3) is 2.95. The lowest BCUT2D eigenvalue weighted by molar-refractivity contribution is 0.0784. The van der Waals surface area contributed by atoms with E-state index in [1.54, 1.807) is 25.2 Å². The van der Waals surface area contributed by atoms with Crippen LogP contribution in [0.2, 0.25) is 5.22 Å². The van der Waals surface area contributed by atoms with Crippen molar-refractivity contribution in [3.8, 4) is 6.07 Å². The topological polar surface area (TPSA) is 57.2 Å². The quantitative estimate of drug-likeness (QED) is 0.864. The number of hydrogen-bond donors (Lipinski definition) is 0. The molecule has 1 amide bonds. The molecule has 19 heavy (non-hydrogen) atoms. The zero-order valence-corrected chi connectivity index (χ0v) is 11.0. The average molecular weight is 275 g/mol. The monoisotopic (exact) mass is 274 g/mol. The van der Waals surface area contributed by atoms with E-state index in [1.165, 1.54) is 17.2 Å². The number of benzene rings is 1. The Labute approximate surface area is 115 Å². The van der Waals surface area contributed by atoms with Gasteiger partial charge >= 0.3 is 0 Å². The standard InChI is InChI=1S/C14H11ClN2O2/c1-17(14(18)12-5-6-19-13(12)15)9-11-4-2-3-10(7-11)8-16/h2-7H,9H2,1H3. The summed E-state index contributed by atoms with van der Waals surface area (Å²) in [7, 11) is 1.67. The number of rotatable bonds is 3. The summed E-state index contributed by atoms with van der Waals surface area (Å²) in [5.41, 5.74) is 1.79. The molecule has 0 radical (unpaired) electrons. The molecule has 1 aromatic carbocycles. The second-order valence-electron chi connectivity index (χ2n) is 4.08. The molecule has 0 bridgehead atoms. The first-order valence-corrected chi connectivity index (χ1v) is 5.97. The Hall–Kier alpha value is -2.25. The first-order chi connectivity index (χ1) is 9.11. The number of amides is 1. The highest BCUT2D eigenvalue weighted by molar-refractivity contribution is 6.32. The maximum absolute atomic E-state index is 12.1. The van der Waals surface area contributed by atoms with Crippen LogP contribution in [-0.4, -0.2) is 17.9 Å². The molecule has 0 saturated heterocycles. The minimum absolute atomic E-state index is 0.0858. The molecule has 2 rings (SSSR count). The van der Waals surface area contributed by atoms with Gasteiger partial charge < -0.3 is 9.32 Å². The average Bonchev–Trinajstić information content (AvgIpc) is 2.84. The van der Waals surface area contributed by atoms with E-state index in [2.05, 4.69) is 6.07 Å². The minimum atomic E-state index is -0.221. The fourth-order valence-corrected chi connectivity index (χ4v) is 1.93. The Morgan fingerprint density at radius 1 is 1.47 bits per heavy atom. The number of carbonyl (C=O) groups is 1. The third-order valence-corrected chi connectivity index (χ3v) is 2.96. The molecule has 0 saturated carbocycles. The van der Waals surface area contributed by atoms with Gasteiger partial charge in [-0.3, -0.25) is 4.79 Å². The lowest BCUT2D eigenvalue weighted by atomic mass is 10.1. The molecule has 0 aliphatic carbocycles. The van der Waals surface area contributed by atoms with Crippen LogP contribution in [0, 0.1) is 11.3 Å². The van der Waals surface area contributed by atoms with Crippen LogP contribution in [0.4, 0.5) is 0 Å². The zero-order valence-electron chi connectivity index (χ0n) is 10.3. The molecule has 1 aromatic heterocycles. The van der Waals surface area contributed by atoms with Gasteiger partial charge in [0.2, 0.25) is 5.22 Å². The van der Waals surface area contributed by atoms with Crippen LogP contribution in [0.25, 0.3) is 0 Å². The first kappa shape index (κ1) is 13.2. The Morgan fingerprint density at radius 2 is 2.26 bits per heavy atom. The van der Waals surface area contributed by atoms with E-state index < -0.39 is 0 Å². The summed E-state index contributed by atoms with van der Waals surface area (Å²) in [6, 6.07) is 10.7. The largest absolute Gasteiger partial charge is 0.452 e. The van der Waals surface area contributed by atoms with Crippen LogP contribution in [0.15, 0.2) is 41.0 Å². The second kappa shape index (κ2) is 5.59. The molecular weight excluding hydrogens is 264 g/mol. The number of nitriles is 1. The van der Waals surface area contributed by atoms with Gasteiger partial charge in [-0.2, -0.15) is 5.26 Å². The van der Waals surface area contributed by atoms with Gasteiger partial charge in [0.15, 0.2) is 0 Å². The van der Waals surface area contributed by atoms with Gasteiger partial charge in [0, 0.05) is 13.6 Å². The normalized spacial score (nSPS) is 9.95. The highest BCUT2D eigenvalue weighted by Crippen LogP contribution is 2.19. The molecule has 0 aliphatic heterocycles. The Bertz CT molecular complexity index is 643. The molecule has 2 aromatic rings. The predicted molar refractivity (Wildman–Crippen MR) is 70.7 cm³/mol. The lowest BCUT2D eigenvalue weighted by Crippen LogP contribution is -2.26. The SMILES string of the molecule is CN(Cc1cccc(C#N)c1)C(=O)c1ccoc1Cl. The van der Waals surface area contributed by atoms with Crippen molar-refractivity contribution >= 4 is 17.5 Å². The molecule has 5 heteroatoms. The van der Waals surface area contributed by atoms with Crippen molar-refractivity contribution < 1.29 is 9.21 Å². The predicted octanol–water partition coefficient (Wildman–Crippen LogP) is 3.08. The summed E-state index contributed by atoms with van der Waals surface area (Å²) < 4.78 is 4.90. The van der Waals surface area contributed by atoms with Gasteiger partial charge in [-0.25, -0.2) is 0 Å². The number of furan rings is 1. The second-order valence-corrected chi connectivity index (χ2v) is 4.42. The Morgan fingerprint density at radius 3 is 2.89 bits per heavy atom. The molecule has 0 atom stereocenters. The fourth-order valence-electron chi connectivity index (χ4n) is 1.74. The molecule has 1 heterocycles. The molecule has 0 fully saturated rings. The van der Waals surface area contributed by atoms with Crippen molar-refractivity contribution in [1.82, 2.24) is 4.90 Å². The van der Waals surface area contributed by atoms with E-state index in [0.29, 0.717) is 17.7 Å². The summed E-state index contributed by atoms with van der Waals surface area (Å²) >= 11 is 5.77. The van der Waals surface area contributed by atoms with Crippen molar-refractivity contribution in [2.45, 2.75) is 6.54 Å². The van der Waals surface area contributed by atoms with Crippen LogP contribution in [0.5, 0.6) is 0 Å². The van der Waals surface area contributed by atoms with E-state index in [4.69, 9.17) is 21.3 Å². The smallest absolute Gasteiger partial charge is 0.258 e. The number of halogens is 1. The van der Waals surface area contributed by atoms with E-state index in [0.717, 1.165) is 5.56 Å². The Balaban J connectivity index is 2.13. The fraction of sp³-hybridized carbons (Fsp3) is 0.143. The van der Waals surface area contributed by atoms with Crippen molar-refractivity contribution in [1.29, 1.82) is 5.26 Å². The molecule has 4 nitrogen and oxygen atoms in total. The Kier molecular flexibility index (Phi) is 3.88. The van der Waals surface area contributed by atoms with Gasteiger partial charge in [0.1, 0.15) is 0 Å². The highest BCUT2D eigenvalue weighted by atomic mass is 35.5. The van der Waals surface area contributed by atoms with Gasteiger partial charge in [-0.1, -0.05) is 12.1 Å². The molecule has 0 N–H and O–H groups in total. The van der Waals surface area contributed by atoms with Crippen molar-refractivity contribution in [2.75, 3.05) is 7.05 Å². The van der Waals surface area contributed by atoms with Gasteiger partial charge in [0.25, 0.3) is 5.91 Å². The van der Waals surface area contributed by atoms with Crippen molar-refractivity contribution in [2.24, 2.45) is 0 Å². The summed E-state index contributed by atoms with van der Waals surface area (Å²) in [5, 5.41) is 8.92. The number of hydrogen-bond acceptors (Lipinski definition) is 3. The van der Waals surface area contributed by atoms with Gasteiger partial charge in [-0.05, 0) is 35.4 Å². The maximum Gasteiger partial charge on any atom is 0.258 e. The van der Waals surface area contributed by atoms with E-state index in [1.807, 2.05) is 6.07 Å². The highest BCUT2D eigenvalue weighted by Gasteiger charge is 2.17. The molecule has 0 aliphatic rings. The summed E-state index contributed by atoms with van der Waals surface area (Å²) in [6.45, 7) is 0.399. The minimum Gasteiger partial charge on any atom is -0.452 e. The lowest BCUT2D eigenvalue weighted by Gasteiger charge is -2.16. The third-order valence-electron chi connectivity index (χ3n) is 2.67. The van der Waals surface area contributed by atoms with E-state index >= 15 is 0 Å². The maximum atomic E-state index is 12.1. The van der Waals surface area contributed by atoms with Gasteiger partial charge in [0.05, 0.1) is 23.5 Å². The van der Waals surface area contributed by atoms with Crippen molar-refractivity contribution in [3.05, 3.63) is 58.5 Å². The van der Waals surface area contributed by atoms with Crippen LogP contribution in [0.3, 0.4) is 0 Å². The first-order valence-electron chi connectivity index (χ1n) is 5.59. The van der Waals surface area contributed by atoms with Crippen LogP contribution >= 0.6 is 11.6 Å².